The average Bonchev–Trinajstić information content (AvgIpc) is 3.89. The van der Waals surface area contributed by atoms with Crippen molar-refractivity contribution in [2.24, 2.45) is 32.7 Å². The molecular formula is C43H56ClF5N10O4. The standard InChI is InChI=1S/C43H56ClF5N10O4/c1-6-26(3)39(61)52-23-28(7-2)29-11-12-31(33(44)18-29)32-17-30(32)13-14-58(25-60)36(16-27(20-50)22-53-41(45)46)40(62)54-42(4,5)24-59-35(19-37(57-59)43(47,48)49)34(21-51)55-56-38-10-8-9-15-63-38/h7,11-12,18-23,25-26,30,32,36,38,41,51,56H,6,8-10,13-17,24,50H2,1-5H3,(H,54,62)/b27-20-,28-7+,51-21?,52-23?,53-22+,55-34+/t26?,30-,32?,36?,38?/m1/s1. The Bertz CT molecular complexity index is 2080. The van der Waals surface area contributed by atoms with Crippen LogP contribution in [-0.4, -0.2) is 94.8 Å². The smallest absolute Gasteiger partial charge is 0.404 e. The van der Waals surface area contributed by atoms with Crippen molar-refractivity contribution in [3.05, 3.63) is 69.7 Å². The van der Waals surface area contributed by atoms with Crippen LogP contribution in [-0.2, 0) is 31.8 Å². The van der Waals surface area contributed by atoms with E-state index in [1.165, 1.54) is 25.0 Å². The minimum Gasteiger partial charge on any atom is -0.404 e. The number of alkyl halides is 5. The Balaban J connectivity index is 1.53. The summed E-state index contributed by atoms with van der Waals surface area (Å²) in [4.78, 5) is 47.6. The molecule has 3 amide bonds. The fourth-order valence-electron chi connectivity index (χ4n) is 7.06. The molecule has 5 N–H and O–H groups in total. The highest BCUT2D eigenvalue weighted by Crippen LogP contribution is 2.51. The summed E-state index contributed by atoms with van der Waals surface area (Å²) in [6.07, 6.45) is 4.92. The summed E-state index contributed by atoms with van der Waals surface area (Å²) in [5, 5.41) is 19.2. The summed E-state index contributed by atoms with van der Waals surface area (Å²) in [6, 6.07) is 5.05. The number of nitrogens with zero attached hydrogens (tertiary/aromatic N) is 6. The van der Waals surface area contributed by atoms with E-state index < -0.39 is 42.1 Å². The van der Waals surface area contributed by atoms with Crippen molar-refractivity contribution >= 4 is 59.8 Å². The Labute approximate surface area is 368 Å². The summed E-state index contributed by atoms with van der Waals surface area (Å²) >= 11 is 6.77. The number of allylic oxidation sites excluding steroid dienone is 2. The molecule has 1 aromatic heterocycles. The lowest BCUT2D eigenvalue weighted by Crippen LogP contribution is -2.55. The topological polar surface area (TPSA) is 193 Å². The predicted molar refractivity (Wildman–Crippen MR) is 233 cm³/mol. The van der Waals surface area contributed by atoms with Crippen LogP contribution < -0.4 is 16.5 Å². The van der Waals surface area contributed by atoms with Crippen LogP contribution in [0.15, 0.2) is 57.2 Å². The molecule has 1 aliphatic carbocycles. The predicted octanol–water partition coefficient (Wildman–Crippen LogP) is 7.51. The lowest BCUT2D eigenvalue weighted by Gasteiger charge is -2.33. The monoisotopic (exact) mass is 906 g/mol. The molecule has 2 fully saturated rings. The van der Waals surface area contributed by atoms with Gasteiger partial charge in [-0.1, -0.05) is 43.7 Å². The molecule has 2 aromatic rings. The third-order valence-corrected chi connectivity index (χ3v) is 11.2. The first-order valence-electron chi connectivity index (χ1n) is 20.7. The number of carbonyl (C=O) groups is 3. The second kappa shape index (κ2) is 22.9. The van der Waals surface area contributed by atoms with Gasteiger partial charge in [-0.25, -0.2) is 9.98 Å². The van der Waals surface area contributed by atoms with Gasteiger partial charge in [0.15, 0.2) is 5.69 Å². The minimum atomic E-state index is -4.85. The zero-order chi connectivity index (χ0) is 46.5. The fraction of sp³-hybridized carbons (Fsp3) is 0.535. The van der Waals surface area contributed by atoms with Crippen LogP contribution in [0.3, 0.4) is 0 Å². The molecule has 0 spiro atoms. The highest BCUT2D eigenvalue weighted by atomic mass is 35.5. The Morgan fingerprint density at radius 1 is 1.19 bits per heavy atom. The molecule has 1 aromatic carbocycles. The van der Waals surface area contributed by atoms with Gasteiger partial charge in [0.25, 0.3) is 0 Å². The SMILES string of the molecule is C/C=C(\C=NC(=O)C(C)CC)c1ccc(C2C[C@H]2CCN(C=O)C(CC(=C/N)/C=N/C(F)F)C(=O)NC(C)(C)Cn2nc(C(F)(F)F)cc2/C(C=N)=N/NC2CCCCO2)c(Cl)c1. The molecule has 1 aliphatic heterocycles. The number of aliphatic imine (C=N–C) groups is 2. The van der Waals surface area contributed by atoms with Gasteiger partial charge in [0.2, 0.25) is 18.2 Å². The van der Waals surface area contributed by atoms with Crippen LogP contribution in [0.25, 0.3) is 5.57 Å². The lowest BCUT2D eigenvalue weighted by molar-refractivity contribution is -0.141. The summed E-state index contributed by atoms with van der Waals surface area (Å²) in [7, 11) is 0. The van der Waals surface area contributed by atoms with Gasteiger partial charge in [-0.3, -0.25) is 24.5 Å². The number of hydrogen-bond donors (Lipinski definition) is 4. The number of hydrazone groups is 1. The van der Waals surface area contributed by atoms with Gasteiger partial charge in [0.1, 0.15) is 18.0 Å². The maximum absolute atomic E-state index is 14.2. The highest BCUT2D eigenvalue weighted by molar-refractivity contribution is 6.36. The zero-order valence-electron chi connectivity index (χ0n) is 36.0. The van der Waals surface area contributed by atoms with Crippen molar-refractivity contribution in [2.75, 3.05) is 13.2 Å². The number of aromatic nitrogens is 2. The number of hydrogen-bond acceptors (Lipinski definition) is 10. The maximum Gasteiger partial charge on any atom is 0.435 e. The van der Waals surface area contributed by atoms with E-state index in [1.807, 2.05) is 39.0 Å². The molecule has 63 heavy (non-hydrogen) atoms. The summed E-state index contributed by atoms with van der Waals surface area (Å²) < 4.78 is 74.6. The molecule has 2 aliphatic rings. The number of nitrogens with one attached hydrogen (secondary N) is 3. The number of halogens is 6. The van der Waals surface area contributed by atoms with Gasteiger partial charge in [0.05, 0.1) is 17.8 Å². The molecule has 1 saturated carbocycles. The van der Waals surface area contributed by atoms with Crippen molar-refractivity contribution in [3.63, 3.8) is 0 Å². The Kier molecular flexibility index (Phi) is 18.3. The molecule has 20 heteroatoms. The first kappa shape index (κ1) is 50.3. The number of carbonyl (C=O) groups excluding carboxylic acids is 3. The number of benzene rings is 1. The van der Waals surface area contributed by atoms with Crippen LogP contribution in [0.1, 0.15) is 108 Å². The third-order valence-electron chi connectivity index (χ3n) is 10.9. The second-order valence-corrected chi connectivity index (χ2v) is 16.6. The number of nitrogens with two attached hydrogens (primary N) is 1. The first-order valence-corrected chi connectivity index (χ1v) is 21.1. The Morgan fingerprint density at radius 3 is 2.52 bits per heavy atom. The van der Waals surface area contributed by atoms with Gasteiger partial charge in [-0.15, -0.1) is 0 Å². The van der Waals surface area contributed by atoms with Crippen LogP contribution in [0.5, 0.6) is 0 Å². The molecule has 14 nitrogen and oxygen atoms in total. The van der Waals surface area contributed by atoms with Gasteiger partial charge in [-0.2, -0.15) is 32.2 Å². The second-order valence-electron chi connectivity index (χ2n) is 16.2. The minimum absolute atomic E-state index is 0.0246. The van der Waals surface area contributed by atoms with Crippen molar-refractivity contribution in [1.82, 2.24) is 25.4 Å². The lowest BCUT2D eigenvalue weighted by atomic mass is 10.00. The van der Waals surface area contributed by atoms with E-state index in [-0.39, 0.29) is 60.1 Å². The van der Waals surface area contributed by atoms with Crippen molar-refractivity contribution in [1.29, 1.82) is 5.41 Å². The van der Waals surface area contributed by atoms with Gasteiger partial charge < -0.3 is 26.1 Å². The summed E-state index contributed by atoms with van der Waals surface area (Å²) in [5.41, 5.74) is 7.99. The van der Waals surface area contributed by atoms with Crippen LogP contribution in [0, 0.1) is 17.2 Å². The maximum atomic E-state index is 14.2. The Hall–Kier alpha value is -5.30. The van der Waals surface area contributed by atoms with E-state index in [2.05, 4.69) is 30.9 Å². The Morgan fingerprint density at radius 2 is 1.94 bits per heavy atom. The van der Waals surface area contributed by atoms with E-state index in [1.54, 1.807) is 6.07 Å². The molecule has 4 unspecified atom stereocenters. The highest BCUT2D eigenvalue weighted by Gasteiger charge is 2.41. The van der Waals surface area contributed by atoms with E-state index >= 15 is 0 Å². The third kappa shape index (κ3) is 14.6. The van der Waals surface area contributed by atoms with Gasteiger partial charge in [0, 0.05) is 49.2 Å². The summed E-state index contributed by atoms with van der Waals surface area (Å²) in [6.45, 7) is 5.76. The molecule has 0 radical (unpaired) electrons. The van der Waals surface area contributed by atoms with Gasteiger partial charge >= 0.3 is 12.7 Å². The number of amides is 3. The van der Waals surface area contributed by atoms with Crippen molar-refractivity contribution in [2.45, 2.75) is 123 Å². The average molecular weight is 907 g/mol. The first-order chi connectivity index (χ1) is 29.8. The van der Waals surface area contributed by atoms with Crippen LogP contribution >= 0.6 is 11.6 Å². The van der Waals surface area contributed by atoms with E-state index in [0.29, 0.717) is 37.3 Å². The molecule has 344 valence electrons. The van der Waals surface area contributed by atoms with Crippen molar-refractivity contribution in [3.8, 4) is 0 Å². The summed E-state index contributed by atoms with van der Waals surface area (Å²) in [5.74, 6) is -1.04. The zero-order valence-corrected chi connectivity index (χ0v) is 36.7. The normalized spacial score (nSPS) is 19.9. The van der Waals surface area contributed by atoms with Crippen LogP contribution in [0.2, 0.25) is 5.02 Å². The van der Waals surface area contributed by atoms with E-state index in [4.69, 9.17) is 27.5 Å². The molecular weight excluding hydrogens is 851 g/mol. The molecule has 2 heterocycles. The largest absolute Gasteiger partial charge is 0.435 e. The molecule has 5 atom stereocenters. The van der Waals surface area contributed by atoms with Crippen LogP contribution in [0.4, 0.5) is 22.0 Å². The van der Waals surface area contributed by atoms with E-state index in [0.717, 1.165) is 65.3 Å². The molecule has 4 rings (SSSR count). The van der Waals surface area contributed by atoms with E-state index in [9.17, 15) is 36.3 Å². The number of rotatable bonds is 22. The quantitative estimate of drug-likeness (QED) is 0.0309. The molecule has 1 saturated heterocycles. The van der Waals surface area contributed by atoms with Gasteiger partial charge in [-0.05, 0) is 112 Å². The fourth-order valence-corrected chi connectivity index (χ4v) is 7.38. The number of ether oxygens (including phenoxy) is 1. The molecule has 0 bridgehead atoms. The van der Waals surface area contributed by atoms with Crippen molar-refractivity contribution < 1.29 is 41.1 Å².